The zero-order valence-corrected chi connectivity index (χ0v) is 11.4. The van der Waals surface area contributed by atoms with E-state index in [1.165, 1.54) is 7.11 Å². The van der Waals surface area contributed by atoms with Crippen molar-refractivity contribution in [1.29, 1.82) is 0 Å². The third kappa shape index (κ3) is 3.01. The normalized spacial score (nSPS) is 10.2. The second-order valence-corrected chi connectivity index (χ2v) is 4.60. The maximum atomic E-state index is 13.8. The van der Waals surface area contributed by atoms with Gasteiger partial charge >= 0.3 is 0 Å². The molecule has 0 spiro atoms. The highest BCUT2D eigenvalue weighted by Crippen LogP contribution is 2.23. The average Bonchev–Trinajstić information content (AvgIpc) is 2.38. The van der Waals surface area contributed by atoms with Crippen LogP contribution in [0.2, 0.25) is 0 Å². The Morgan fingerprint density at radius 2 is 1.94 bits per heavy atom. The minimum absolute atomic E-state index is 0.166. The monoisotopic (exact) mass is 310 g/mol. The summed E-state index contributed by atoms with van der Waals surface area (Å²) in [5.74, 6) is 0.534. The molecule has 0 amide bonds. The highest BCUT2D eigenvalue weighted by atomic mass is 79.9. The molecule has 0 aliphatic rings. The average molecular weight is 311 g/mol. The van der Waals surface area contributed by atoms with Gasteiger partial charge in [-0.2, -0.15) is 0 Å². The van der Waals surface area contributed by atoms with E-state index >= 15 is 0 Å². The molecule has 0 N–H and O–H groups in total. The van der Waals surface area contributed by atoms with Gasteiger partial charge in [-0.1, -0.05) is 34.1 Å². The molecule has 0 aromatic heterocycles. The lowest BCUT2D eigenvalue weighted by Gasteiger charge is -2.09. The summed E-state index contributed by atoms with van der Waals surface area (Å²) in [4.78, 5) is 0. The summed E-state index contributed by atoms with van der Waals surface area (Å²) >= 11 is 3.35. The zero-order valence-electron chi connectivity index (χ0n) is 9.82. The van der Waals surface area contributed by atoms with Crippen molar-refractivity contribution in [2.75, 3.05) is 7.11 Å². The van der Waals surface area contributed by atoms with E-state index in [1.54, 1.807) is 18.2 Å². The number of benzene rings is 2. The predicted molar refractivity (Wildman–Crippen MR) is 71.4 cm³/mol. The molecule has 0 atom stereocenters. The third-order valence-corrected chi connectivity index (χ3v) is 2.95. The molecular formula is C14H12BrFO2. The molecule has 0 saturated heterocycles. The van der Waals surface area contributed by atoms with Crippen molar-refractivity contribution < 1.29 is 13.9 Å². The van der Waals surface area contributed by atoms with Crippen LogP contribution in [-0.4, -0.2) is 7.11 Å². The maximum Gasteiger partial charge on any atom is 0.171 e. The van der Waals surface area contributed by atoms with Gasteiger partial charge in [-0.05, 0) is 24.3 Å². The number of methoxy groups -OCH3 is 1. The third-order valence-electron chi connectivity index (χ3n) is 2.45. The van der Waals surface area contributed by atoms with Crippen molar-refractivity contribution in [3.05, 3.63) is 58.3 Å². The van der Waals surface area contributed by atoms with Gasteiger partial charge in [-0.25, -0.2) is 4.39 Å². The van der Waals surface area contributed by atoms with E-state index in [4.69, 9.17) is 9.47 Å². The Morgan fingerprint density at radius 1 is 1.17 bits per heavy atom. The van der Waals surface area contributed by atoms with E-state index in [-0.39, 0.29) is 18.2 Å². The largest absolute Gasteiger partial charge is 0.494 e. The number of rotatable bonds is 4. The molecule has 94 valence electrons. The van der Waals surface area contributed by atoms with Crippen molar-refractivity contribution in [2.24, 2.45) is 0 Å². The number of ether oxygens (including phenoxy) is 2. The summed E-state index contributed by atoms with van der Waals surface area (Å²) in [5, 5.41) is 0. The molecule has 4 heteroatoms. The molecule has 2 nitrogen and oxygen atoms in total. The van der Waals surface area contributed by atoms with E-state index in [2.05, 4.69) is 15.9 Å². The second-order valence-electron chi connectivity index (χ2n) is 3.68. The molecule has 0 aliphatic heterocycles. The first kappa shape index (κ1) is 12.9. The van der Waals surface area contributed by atoms with Gasteiger partial charge in [-0.3, -0.25) is 0 Å². The highest BCUT2D eigenvalue weighted by molar-refractivity contribution is 9.10. The summed E-state index contributed by atoms with van der Waals surface area (Å²) < 4.78 is 25.2. The summed E-state index contributed by atoms with van der Waals surface area (Å²) in [6.07, 6.45) is 0. The van der Waals surface area contributed by atoms with Crippen molar-refractivity contribution in [2.45, 2.75) is 6.61 Å². The topological polar surface area (TPSA) is 18.5 Å². The fourth-order valence-electron chi connectivity index (χ4n) is 1.54. The molecule has 0 heterocycles. The first-order chi connectivity index (χ1) is 8.70. The smallest absolute Gasteiger partial charge is 0.171 e. The van der Waals surface area contributed by atoms with Crippen LogP contribution < -0.4 is 9.47 Å². The van der Waals surface area contributed by atoms with Crippen molar-refractivity contribution in [1.82, 2.24) is 0 Å². The maximum absolute atomic E-state index is 13.8. The molecule has 2 aromatic rings. The van der Waals surface area contributed by atoms with Crippen molar-refractivity contribution in [3.63, 3.8) is 0 Å². The summed E-state index contributed by atoms with van der Waals surface area (Å²) in [5.41, 5.74) is 0.467. The molecule has 0 aliphatic carbocycles. The van der Waals surface area contributed by atoms with Gasteiger partial charge in [0.2, 0.25) is 0 Å². The minimum Gasteiger partial charge on any atom is -0.494 e. The summed E-state index contributed by atoms with van der Waals surface area (Å²) in [6, 6.07) is 12.4. The Morgan fingerprint density at radius 3 is 2.67 bits per heavy atom. The molecule has 0 fully saturated rings. The molecule has 2 aromatic carbocycles. The van der Waals surface area contributed by atoms with Gasteiger partial charge in [-0.15, -0.1) is 0 Å². The second kappa shape index (κ2) is 5.87. The highest BCUT2D eigenvalue weighted by Gasteiger charge is 2.08. The fraction of sp³-hybridized carbons (Fsp3) is 0.143. The van der Waals surface area contributed by atoms with Crippen molar-refractivity contribution in [3.8, 4) is 11.5 Å². The molecule has 18 heavy (non-hydrogen) atoms. The molecule has 0 bridgehead atoms. The molecule has 2 rings (SSSR count). The number of halogens is 2. The van der Waals surface area contributed by atoms with Crippen LogP contribution in [0.4, 0.5) is 4.39 Å². The van der Waals surface area contributed by atoms with Gasteiger partial charge in [0.15, 0.2) is 11.6 Å². The lowest BCUT2D eigenvalue weighted by atomic mass is 10.2. The Hall–Kier alpha value is -1.55. The fourth-order valence-corrected chi connectivity index (χ4v) is 1.92. The van der Waals surface area contributed by atoms with Gasteiger partial charge in [0.1, 0.15) is 12.4 Å². The Balaban J connectivity index is 2.11. The van der Waals surface area contributed by atoms with Crippen LogP contribution in [0.25, 0.3) is 0 Å². The van der Waals surface area contributed by atoms with Crippen LogP contribution in [0.3, 0.4) is 0 Å². The molecule has 0 radical (unpaired) electrons. The summed E-state index contributed by atoms with van der Waals surface area (Å²) in [6.45, 7) is 0.166. The first-order valence-electron chi connectivity index (χ1n) is 5.40. The van der Waals surface area contributed by atoms with E-state index in [9.17, 15) is 4.39 Å². The first-order valence-corrected chi connectivity index (χ1v) is 6.20. The van der Waals surface area contributed by atoms with Crippen LogP contribution in [0.5, 0.6) is 11.5 Å². The Labute approximate surface area is 113 Å². The van der Waals surface area contributed by atoms with Gasteiger partial charge < -0.3 is 9.47 Å². The van der Waals surface area contributed by atoms with Crippen LogP contribution in [0, 0.1) is 5.82 Å². The van der Waals surface area contributed by atoms with E-state index in [0.29, 0.717) is 11.3 Å². The predicted octanol–water partition coefficient (Wildman–Crippen LogP) is 4.18. The molecule has 0 unspecified atom stereocenters. The Kier molecular flexibility index (Phi) is 4.20. The van der Waals surface area contributed by atoms with Crippen molar-refractivity contribution >= 4 is 15.9 Å². The quantitative estimate of drug-likeness (QED) is 0.843. The van der Waals surface area contributed by atoms with Gasteiger partial charge in [0, 0.05) is 10.0 Å². The van der Waals surface area contributed by atoms with Crippen LogP contribution >= 0.6 is 15.9 Å². The van der Waals surface area contributed by atoms with Gasteiger partial charge in [0.25, 0.3) is 0 Å². The Bertz CT molecular complexity index is 543. The van der Waals surface area contributed by atoms with E-state index in [1.807, 2.05) is 24.3 Å². The van der Waals surface area contributed by atoms with Crippen LogP contribution in [-0.2, 0) is 6.61 Å². The zero-order chi connectivity index (χ0) is 13.0. The molecule has 0 saturated carbocycles. The summed E-state index contributed by atoms with van der Waals surface area (Å²) in [7, 11) is 1.44. The standard InChI is InChI=1S/C14H12BrFO2/c1-17-13-7-2-4-10(14(13)16)9-18-12-6-3-5-11(15)8-12/h2-8H,9H2,1H3. The number of hydrogen-bond acceptors (Lipinski definition) is 2. The lowest BCUT2D eigenvalue weighted by Crippen LogP contribution is -2.00. The lowest BCUT2D eigenvalue weighted by molar-refractivity contribution is 0.295. The number of hydrogen-bond donors (Lipinski definition) is 0. The van der Waals surface area contributed by atoms with E-state index in [0.717, 1.165) is 4.47 Å². The van der Waals surface area contributed by atoms with Crippen LogP contribution in [0.1, 0.15) is 5.56 Å². The minimum atomic E-state index is -0.380. The SMILES string of the molecule is COc1cccc(COc2cccc(Br)c2)c1F. The van der Waals surface area contributed by atoms with E-state index < -0.39 is 0 Å². The van der Waals surface area contributed by atoms with Gasteiger partial charge in [0.05, 0.1) is 7.11 Å². The molecular weight excluding hydrogens is 299 g/mol. The van der Waals surface area contributed by atoms with Crippen LogP contribution in [0.15, 0.2) is 46.9 Å².